The van der Waals surface area contributed by atoms with Crippen LogP contribution in [0.4, 0.5) is 5.69 Å². The van der Waals surface area contributed by atoms with Gasteiger partial charge in [-0.2, -0.15) is 8.61 Å². The average Bonchev–Trinajstić information content (AvgIpc) is 3.15. The van der Waals surface area contributed by atoms with Crippen LogP contribution in [-0.2, 0) is 20.0 Å². The summed E-state index contributed by atoms with van der Waals surface area (Å²) in [6.07, 6.45) is 6.20. The summed E-state index contributed by atoms with van der Waals surface area (Å²) in [5, 5.41) is 2.74. The molecule has 0 bridgehead atoms. The minimum Gasteiger partial charge on any atom is -0.322 e. The predicted molar refractivity (Wildman–Crippen MR) is 136 cm³/mol. The van der Waals surface area contributed by atoms with Gasteiger partial charge in [-0.25, -0.2) is 16.8 Å². The Kier molecular flexibility index (Phi) is 8.17. The summed E-state index contributed by atoms with van der Waals surface area (Å²) in [4.78, 5) is 13.0. The number of amides is 1. The van der Waals surface area contributed by atoms with Gasteiger partial charge >= 0.3 is 0 Å². The molecule has 2 aliphatic heterocycles. The van der Waals surface area contributed by atoms with E-state index in [2.05, 4.69) is 5.32 Å². The Morgan fingerprint density at radius 3 is 1.94 bits per heavy atom. The normalized spacial score (nSPS) is 18.7. The molecule has 0 aromatic heterocycles. The molecule has 11 heteroatoms. The van der Waals surface area contributed by atoms with Crippen LogP contribution in [0.2, 0.25) is 5.02 Å². The number of carbonyl (C=O) groups excluding carboxylic acids is 1. The molecule has 0 atom stereocenters. The van der Waals surface area contributed by atoms with Gasteiger partial charge in [0.25, 0.3) is 5.91 Å². The summed E-state index contributed by atoms with van der Waals surface area (Å²) in [5.41, 5.74) is 0.423. The number of nitrogens with zero attached hydrogens (tertiary/aromatic N) is 2. The topological polar surface area (TPSA) is 104 Å². The van der Waals surface area contributed by atoms with Crippen molar-refractivity contribution in [2.45, 2.75) is 54.7 Å². The lowest BCUT2D eigenvalue weighted by Crippen LogP contribution is -2.35. The summed E-state index contributed by atoms with van der Waals surface area (Å²) < 4.78 is 55.4. The highest BCUT2D eigenvalue weighted by Gasteiger charge is 2.29. The van der Waals surface area contributed by atoms with Crippen molar-refractivity contribution in [3.8, 4) is 0 Å². The molecule has 2 fully saturated rings. The highest BCUT2D eigenvalue weighted by Crippen LogP contribution is 2.28. The van der Waals surface area contributed by atoms with Crippen molar-refractivity contribution in [1.82, 2.24) is 8.61 Å². The summed E-state index contributed by atoms with van der Waals surface area (Å²) in [6.45, 7) is 1.82. The van der Waals surface area contributed by atoms with Crippen molar-refractivity contribution < 1.29 is 21.6 Å². The standard InChI is InChI=1S/C24H30ClN3O5S2/c25-22-12-11-19(17-23(22)35(32,33)28-15-4-1-2-5-16-28)24(29)26-20-9-8-10-21(18-20)34(30,31)27-13-6-3-7-14-27/h8-12,17-18H,1-7,13-16H2,(H,26,29). The minimum atomic E-state index is -3.85. The van der Waals surface area contributed by atoms with Gasteiger partial charge < -0.3 is 5.32 Å². The van der Waals surface area contributed by atoms with Gasteiger partial charge in [0.2, 0.25) is 20.0 Å². The molecule has 0 aliphatic carbocycles. The van der Waals surface area contributed by atoms with Gasteiger partial charge in [-0.15, -0.1) is 0 Å². The van der Waals surface area contributed by atoms with Crippen molar-refractivity contribution in [3.05, 3.63) is 53.1 Å². The fourth-order valence-corrected chi connectivity index (χ4v) is 8.04. The molecular formula is C24H30ClN3O5S2. The second-order valence-electron chi connectivity index (χ2n) is 8.91. The molecule has 190 valence electrons. The highest BCUT2D eigenvalue weighted by atomic mass is 35.5. The molecule has 1 N–H and O–H groups in total. The van der Waals surface area contributed by atoms with E-state index in [9.17, 15) is 21.6 Å². The molecule has 4 rings (SSSR count). The van der Waals surface area contributed by atoms with Crippen LogP contribution in [0.3, 0.4) is 0 Å². The summed E-state index contributed by atoms with van der Waals surface area (Å²) in [5.74, 6) is -0.554. The first-order valence-electron chi connectivity index (χ1n) is 11.9. The number of hydrogen-bond acceptors (Lipinski definition) is 5. The molecule has 2 aromatic rings. The summed E-state index contributed by atoms with van der Waals surface area (Å²) in [7, 11) is -7.50. The molecule has 2 aromatic carbocycles. The molecule has 1 amide bonds. The van der Waals surface area contributed by atoms with Crippen LogP contribution in [0.15, 0.2) is 52.3 Å². The van der Waals surface area contributed by atoms with Gasteiger partial charge in [0.05, 0.1) is 9.92 Å². The van der Waals surface area contributed by atoms with Gasteiger partial charge in [-0.1, -0.05) is 36.9 Å². The van der Waals surface area contributed by atoms with Crippen LogP contribution in [0.25, 0.3) is 0 Å². The number of sulfonamides is 2. The molecule has 0 radical (unpaired) electrons. The van der Waals surface area contributed by atoms with Gasteiger partial charge in [0.1, 0.15) is 4.90 Å². The fraction of sp³-hybridized carbons (Fsp3) is 0.458. The van der Waals surface area contributed by atoms with E-state index in [1.807, 2.05) is 0 Å². The maximum Gasteiger partial charge on any atom is 0.255 e. The first-order valence-corrected chi connectivity index (χ1v) is 15.2. The van der Waals surface area contributed by atoms with Crippen LogP contribution >= 0.6 is 11.6 Å². The van der Waals surface area contributed by atoms with Gasteiger partial charge in [0, 0.05) is 37.4 Å². The smallest absolute Gasteiger partial charge is 0.255 e. The molecule has 0 saturated carbocycles. The van der Waals surface area contributed by atoms with E-state index in [1.54, 1.807) is 12.1 Å². The molecule has 2 saturated heterocycles. The third-order valence-corrected chi connectivity index (χ3v) is 10.7. The van der Waals surface area contributed by atoms with Crippen LogP contribution < -0.4 is 5.32 Å². The Morgan fingerprint density at radius 2 is 1.31 bits per heavy atom. The van der Waals surface area contributed by atoms with Crippen LogP contribution in [0.1, 0.15) is 55.3 Å². The van der Waals surface area contributed by atoms with Crippen molar-refractivity contribution in [2.75, 3.05) is 31.5 Å². The molecule has 0 unspecified atom stereocenters. The molecule has 35 heavy (non-hydrogen) atoms. The zero-order chi connectivity index (χ0) is 25.1. The van der Waals surface area contributed by atoms with Crippen molar-refractivity contribution in [1.29, 1.82) is 0 Å². The number of piperidine rings is 1. The lowest BCUT2D eigenvalue weighted by atomic mass is 10.2. The Balaban J connectivity index is 1.55. The van der Waals surface area contributed by atoms with E-state index in [0.29, 0.717) is 31.9 Å². The SMILES string of the molecule is O=C(Nc1cccc(S(=O)(=O)N2CCCCC2)c1)c1ccc(Cl)c(S(=O)(=O)N2CCCCCC2)c1. The van der Waals surface area contributed by atoms with Crippen LogP contribution in [0, 0.1) is 0 Å². The van der Waals surface area contributed by atoms with E-state index >= 15 is 0 Å². The lowest BCUT2D eigenvalue weighted by Gasteiger charge is -2.26. The second-order valence-corrected chi connectivity index (χ2v) is 13.2. The molecule has 0 spiro atoms. The third kappa shape index (κ3) is 5.89. The molecule has 8 nitrogen and oxygen atoms in total. The minimum absolute atomic E-state index is 0.0559. The van der Waals surface area contributed by atoms with Crippen molar-refractivity contribution >= 4 is 43.2 Å². The largest absolute Gasteiger partial charge is 0.322 e. The Hall–Kier alpha value is -1.98. The zero-order valence-corrected chi connectivity index (χ0v) is 21.8. The predicted octanol–water partition coefficient (Wildman–Crippen LogP) is 4.33. The number of benzene rings is 2. The Labute approximate surface area is 212 Å². The highest BCUT2D eigenvalue weighted by molar-refractivity contribution is 7.89. The van der Waals surface area contributed by atoms with Gasteiger partial charge in [0.15, 0.2) is 0 Å². The number of halogens is 1. The lowest BCUT2D eigenvalue weighted by molar-refractivity contribution is 0.102. The van der Waals surface area contributed by atoms with E-state index in [-0.39, 0.29) is 20.4 Å². The summed E-state index contributed by atoms with van der Waals surface area (Å²) in [6, 6.07) is 10.2. The van der Waals surface area contributed by atoms with Crippen molar-refractivity contribution in [2.24, 2.45) is 0 Å². The number of hydrogen-bond donors (Lipinski definition) is 1. The fourth-order valence-electron chi connectivity index (χ4n) is 4.46. The average molecular weight is 540 g/mol. The Morgan fingerprint density at radius 1 is 0.743 bits per heavy atom. The maximum absolute atomic E-state index is 13.2. The van der Waals surface area contributed by atoms with Crippen LogP contribution in [0.5, 0.6) is 0 Å². The zero-order valence-electron chi connectivity index (χ0n) is 19.4. The second kappa shape index (κ2) is 11.0. The monoisotopic (exact) mass is 539 g/mol. The van der Waals surface area contributed by atoms with E-state index in [0.717, 1.165) is 44.9 Å². The van der Waals surface area contributed by atoms with Gasteiger partial charge in [-0.3, -0.25) is 4.79 Å². The number of carbonyl (C=O) groups is 1. The van der Waals surface area contributed by atoms with Crippen molar-refractivity contribution in [3.63, 3.8) is 0 Å². The van der Waals surface area contributed by atoms with Gasteiger partial charge in [-0.05, 0) is 62.1 Å². The third-order valence-electron chi connectivity index (χ3n) is 6.42. The van der Waals surface area contributed by atoms with Crippen LogP contribution in [-0.4, -0.2) is 57.5 Å². The Bertz CT molecular complexity index is 1280. The van der Waals surface area contributed by atoms with E-state index in [1.165, 1.54) is 38.9 Å². The first-order chi connectivity index (χ1) is 16.7. The number of rotatable bonds is 6. The van der Waals surface area contributed by atoms with E-state index < -0.39 is 26.0 Å². The molecule has 2 aliphatic rings. The number of nitrogens with one attached hydrogen (secondary N) is 1. The first kappa shape index (κ1) is 26.1. The quantitative estimate of drug-likeness (QED) is 0.588. The number of anilines is 1. The van der Waals surface area contributed by atoms with E-state index in [4.69, 9.17) is 11.6 Å². The molecular weight excluding hydrogens is 510 g/mol. The maximum atomic E-state index is 13.2. The summed E-state index contributed by atoms with van der Waals surface area (Å²) >= 11 is 6.24. The molecule has 2 heterocycles.